The van der Waals surface area contributed by atoms with E-state index in [1.165, 1.54) is 12.5 Å². The van der Waals surface area contributed by atoms with Gasteiger partial charge >= 0.3 is 0 Å². The summed E-state index contributed by atoms with van der Waals surface area (Å²) in [5.41, 5.74) is 1.17. The molecule has 0 unspecified atom stereocenters. The van der Waals surface area contributed by atoms with Gasteiger partial charge in [0, 0.05) is 13.5 Å². The first-order chi connectivity index (χ1) is 11.1. The molecule has 124 valence electrons. The van der Waals surface area contributed by atoms with Crippen LogP contribution >= 0.6 is 0 Å². The van der Waals surface area contributed by atoms with Crippen molar-refractivity contribution in [3.8, 4) is 0 Å². The van der Waals surface area contributed by atoms with Gasteiger partial charge in [0.2, 0.25) is 11.8 Å². The molecular weight excluding hydrogens is 292 g/mol. The molecule has 5 heteroatoms. The first-order valence-electron chi connectivity index (χ1n) is 8.36. The lowest BCUT2D eigenvalue weighted by molar-refractivity contribution is -0.134. The van der Waals surface area contributed by atoms with E-state index >= 15 is 0 Å². The SMILES string of the molecule is CC(=O)N(CCc1ccccc1)CC(=O)N[C@H]1C[C@H]2CC[C@H]1O2. The van der Waals surface area contributed by atoms with Crippen molar-refractivity contribution < 1.29 is 14.3 Å². The third-order valence-corrected chi connectivity index (χ3v) is 4.75. The van der Waals surface area contributed by atoms with E-state index in [9.17, 15) is 9.59 Å². The number of nitrogens with one attached hydrogen (secondary N) is 1. The summed E-state index contributed by atoms with van der Waals surface area (Å²) in [6.07, 6.45) is 4.27. The lowest BCUT2D eigenvalue weighted by Crippen LogP contribution is -2.47. The van der Waals surface area contributed by atoms with Crippen LogP contribution in [0.4, 0.5) is 0 Å². The van der Waals surface area contributed by atoms with Gasteiger partial charge in [-0.05, 0) is 31.2 Å². The molecule has 0 aromatic heterocycles. The standard InChI is InChI=1S/C18H24N2O3/c1-13(21)20(10-9-14-5-3-2-4-6-14)12-18(22)19-16-11-15-7-8-17(16)23-15/h2-6,15-17H,7-12H2,1H3,(H,19,22)/t15-,16+,17-/m1/s1. The summed E-state index contributed by atoms with van der Waals surface area (Å²) < 4.78 is 5.75. The van der Waals surface area contributed by atoms with Crippen molar-refractivity contribution >= 4 is 11.8 Å². The molecule has 2 saturated heterocycles. The van der Waals surface area contributed by atoms with Gasteiger partial charge in [-0.1, -0.05) is 30.3 Å². The molecule has 2 fully saturated rings. The van der Waals surface area contributed by atoms with E-state index in [0.29, 0.717) is 12.6 Å². The van der Waals surface area contributed by atoms with Crippen LogP contribution in [0.25, 0.3) is 0 Å². The van der Waals surface area contributed by atoms with Gasteiger partial charge < -0.3 is 15.0 Å². The van der Waals surface area contributed by atoms with Gasteiger partial charge in [0.1, 0.15) is 0 Å². The topological polar surface area (TPSA) is 58.6 Å². The molecule has 2 amide bonds. The summed E-state index contributed by atoms with van der Waals surface area (Å²) in [6.45, 7) is 2.19. The van der Waals surface area contributed by atoms with Gasteiger partial charge in [-0.3, -0.25) is 9.59 Å². The van der Waals surface area contributed by atoms with Gasteiger partial charge in [-0.25, -0.2) is 0 Å². The predicted octanol–water partition coefficient (Wildman–Crippen LogP) is 1.51. The fraction of sp³-hybridized carbons (Fsp3) is 0.556. The molecule has 0 spiro atoms. The van der Waals surface area contributed by atoms with E-state index in [1.807, 2.05) is 30.3 Å². The summed E-state index contributed by atoms with van der Waals surface area (Å²) in [5, 5.41) is 3.04. The van der Waals surface area contributed by atoms with E-state index in [-0.39, 0.29) is 30.5 Å². The first kappa shape index (κ1) is 16.0. The number of rotatable bonds is 6. The van der Waals surface area contributed by atoms with Crippen LogP contribution in [0.15, 0.2) is 30.3 Å². The summed E-state index contributed by atoms with van der Waals surface area (Å²) in [7, 11) is 0. The minimum absolute atomic E-state index is 0.0692. The molecule has 5 nitrogen and oxygen atoms in total. The second kappa shape index (κ2) is 7.13. The number of hydrogen-bond donors (Lipinski definition) is 1. The Morgan fingerprint density at radius 1 is 1.26 bits per heavy atom. The Bertz CT molecular complexity index is 561. The quantitative estimate of drug-likeness (QED) is 0.865. The highest BCUT2D eigenvalue weighted by atomic mass is 16.5. The highest BCUT2D eigenvalue weighted by Crippen LogP contribution is 2.34. The van der Waals surface area contributed by atoms with Crippen LogP contribution in [0.5, 0.6) is 0 Å². The molecule has 0 radical (unpaired) electrons. The number of benzene rings is 1. The van der Waals surface area contributed by atoms with Crippen molar-refractivity contribution in [2.75, 3.05) is 13.1 Å². The minimum atomic E-state index is -0.0885. The Morgan fingerprint density at radius 3 is 2.65 bits per heavy atom. The molecule has 2 aliphatic heterocycles. The third-order valence-electron chi connectivity index (χ3n) is 4.75. The Morgan fingerprint density at radius 2 is 2.04 bits per heavy atom. The number of carbonyl (C=O) groups excluding carboxylic acids is 2. The summed E-state index contributed by atoms with van der Waals surface area (Å²) in [5.74, 6) is -0.158. The fourth-order valence-corrected chi connectivity index (χ4v) is 3.47. The fourth-order valence-electron chi connectivity index (χ4n) is 3.47. The van der Waals surface area contributed by atoms with Crippen LogP contribution in [0.2, 0.25) is 0 Å². The lowest BCUT2D eigenvalue weighted by Gasteiger charge is -2.24. The zero-order valence-electron chi connectivity index (χ0n) is 13.5. The first-order valence-corrected chi connectivity index (χ1v) is 8.36. The predicted molar refractivity (Wildman–Crippen MR) is 86.8 cm³/mol. The third kappa shape index (κ3) is 4.10. The maximum Gasteiger partial charge on any atom is 0.239 e. The molecule has 1 aromatic carbocycles. The average molecular weight is 316 g/mol. The monoisotopic (exact) mass is 316 g/mol. The molecule has 1 aromatic rings. The Balaban J connectivity index is 1.48. The lowest BCUT2D eigenvalue weighted by atomic mass is 9.95. The maximum atomic E-state index is 12.2. The zero-order chi connectivity index (χ0) is 16.2. The van der Waals surface area contributed by atoms with Crippen LogP contribution in [-0.2, 0) is 20.7 Å². The number of nitrogens with zero attached hydrogens (tertiary/aromatic N) is 1. The Kier molecular flexibility index (Phi) is 4.96. The van der Waals surface area contributed by atoms with E-state index < -0.39 is 0 Å². The van der Waals surface area contributed by atoms with E-state index in [1.54, 1.807) is 4.90 Å². The highest BCUT2D eigenvalue weighted by molar-refractivity contribution is 5.84. The van der Waals surface area contributed by atoms with Crippen LogP contribution in [0.1, 0.15) is 31.7 Å². The summed E-state index contributed by atoms with van der Waals surface area (Å²) in [6, 6.07) is 10.1. The number of fused-ring (bicyclic) bond motifs is 2. The minimum Gasteiger partial charge on any atom is -0.373 e. The van der Waals surface area contributed by atoms with Gasteiger partial charge in [0.05, 0.1) is 24.8 Å². The second-order valence-corrected chi connectivity index (χ2v) is 6.46. The van der Waals surface area contributed by atoms with Crippen molar-refractivity contribution in [2.24, 2.45) is 0 Å². The molecule has 2 heterocycles. The molecule has 3 atom stereocenters. The van der Waals surface area contributed by atoms with Gasteiger partial charge in [0.15, 0.2) is 0 Å². The maximum absolute atomic E-state index is 12.2. The van der Waals surface area contributed by atoms with Crippen molar-refractivity contribution in [3.63, 3.8) is 0 Å². The van der Waals surface area contributed by atoms with E-state index in [0.717, 1.165) is 25.7 Å². The van der Waals surface area contributed by atoms with Crippen molar-refractivity contribution in [1.82, 2.24) is 10.2 Å². The largest absolute Gasteiger partial charge is 0.373 e. The smallest absolute Gasteiger partial charge is 0.239 e. The molecule has 3 rings (SSSR count). The van der Waals surface area contributed by atoms with Crippen LogP contribution in [0.3, 0.4) is 0 Å². The van der Waals surface area contributed by atoms with Crippen LogP contribution in [-0.4, -0.2) is 48.1 Å². The Hall–Kier alpha value is -1.88. The summed E-state index contributed by atoms with van der Waals surface area (Å²) >= 11 is 0. The molecule has 2 aliphatic rings. The Labute approximate surface area is 137 Å². The van der Waals surface area contributed by atoms with Gasteiger partial charge in [-0.15, -0.1) is 0 Å². The highest BCUT2D eigenvalue weighted by Gasteiger charge is 2.41. The van der Waals surface area contributed by atoms with Crippen LogP contribution in [0, 0.1) is 0 Å². The average Bonchev–Trinajstić information content (AvgIpc) is 3.15. The molecular formula is C18H24N2O3. The van der Waals surface area contributed by atoms with Crippen molar-refractivity contribution in [2.45, 2.75) is 50.9 Å². The van der Waals surface area contributed by atoms with E-state index in [4.69, 9.17) is 4.74 Å². The molecule has 1 N–H and O–H groups in total. The second-order valence-electron chi connectivity index (χ2n) is 6.46. The van der Waals surface area contributed by atoms with Crippen LogP contribution < -0.4 is 5.32 Å². The molecule has 0 aliphatic carbocycles. The number of ether oxygens (including phenoxy) is 1. The molecule has 2 bridgehead atoms. The molecule has 0 saturated carbocycles. The van der Waals surface area contributed by atoms with E-state index in [2.05, 4.69) is 5.32 Å². The number of hydrogen-bond acceptors (Lipinski definition) is 3. The summed E-state index contributed by atoms with van der Waals surface area (Å²) in [4.78, 5) is 25.6. The number of amides is 2. The zero-order valence-corrected chi connectivity index (χ0v) is 13.5. The number of carbonyl (C=O) groups is 2. The van der Waals surface area contributed by atoms with Crippen molar-refractivity contribution in [3.05, 3.63) is 35.9 Å². The van der Waals surface area contributed by atoms with Crippen molar-refractivity contribution in [1.29, 1.82) is 0 Å². The van der Waals surface area contributed by atoms with Gasteiger partial charge in [-0.2, -0.15) is 0 Å². The van der Waals surface area contributed by atoms with Gasteiger partial charge in [0.25, 0.3) is 0 Å². The molecule has 23 heavy (non-hydrogen) atoms. The normalized spacial score (nSPS) is 25.3.